The van der Waals surface area contributed by atoms with Gasteiger partial charge in [-0.1, -0.05) is 18.2 Å². The third-order valence-corrected chi connectivity index (χ3v) is 5.17. The zero-order valence-corrected chi connectivity index (χ0v) is 19.2. The molecular weight excluding hydrogens is 434 g/mol. The Labute approximate surface area is 196 Å². The van der Waals surface area contributed by atoms with Crippen molar-refractivity contribution in [3.05, 3.63) is 83.2 Å². The van der Waals surface area contributed by atoms with Crippen molar-refractivity contribution in [2.75, 3.05) is 24.4 Å². The van der Waals surface area contributed by atoms with E-state index in [1.54, 1.807) is 38.3 Å². The zero-order valence-electron chi connectivity index (χ0n) is 19.2. The van der Waals surface area contributed by atoms with Crippen LogP contribution in [0.25, 0.3) is 5.65 Å². The van der Waals surface area contributed by atoms with E-state index < -0.39 is 11.9 Å². The Morgan fingerprint density at radius 2 is 1.88 bits per heavy atom. The Bertz CT molecular complexity index is 1330. The van der Waals surface area contributed by atoms with Crippen LogP contribution in [-0.2, 0) is 11.3 Å². The van der Waals surface area contributed by atoms with Gasteiger partial charge >= 0.3 is 5.97 Å². The number of hydrogen-bond donors (Lipinski definition) is 2. The first-order valence-corrected chi connectivity index (χ1v) is 10.8. The summed E-state index contributed by atoms with van der Waals surface area (Å²) in [7, 11) is 1.63. The van der Waals surface area contributed by atoms with Crippen molar-refractivity contribution in [3.8, 4) is 5.75 Å². The smallest absolute Gasteiger partial charge is 0.338 e. The average molecular weight is 460 g/mol. The van der Waals surface area contributed by atoms with Crippen molar-refractivity contribution in [1.29, 1.82) is 0 Å². The van der Waals surface area contributed by atoms with Gasteiger partial charge in [-0.25, -0.2) is 14.3 Å². The van der Waals surface area contributed by atoms with Crippen LogP contribution in [0.1, 0.15) is 38.9 Å². The molecule has 9 nitrogen and oxygen atoms in total. The average Bonchev–Trinajstić information content (AvgIpc) is 3.26. The third-order valence-electron chi connectivity index (χ3n) is 5.17. The number of fused-ring (bicyclic) bond motifs is 1. The second-order valence-electron chi connectivity index (χ2n) is 7.55. The summed E-state index contributed by atoms with van der Waals surface area (Å²) in [5, 5.41) is 10.7. The van der Waals surface area contributed by atoms with Gasteiger partial charge in [-0.15, -0.1) is 5.10 Å². The number of rotatable bonds is 8. The Morgan fingerprint density at radius 3 is 2.62 bits per heavy atom. The van der Waals surface area contributed by atoms with Crippen LogP contribution in [0, 0.1) is 6.92 Å². The van der Waals surface area contributed by atoms with E-state index in [0.29, 0.717) is 29.3 Å². The quantitative estimate of drug-likeness (QED) is 0.382. The zero-order chi connectivity index (χ0) is 24.1. The number of benzene rings is 2. The molecule has 0 aliphatic carbocycles. The fourth-order valence-electron chi connectivity index (χ4n) is 3.40. The molecule has 2 heterocycles. The van der Waals surface area contributed by atoms with Crippen molar-refractivity contribution >= 4 is 29.0 Å². The standard InChI is InChI=1S/C25H25N5O4/c1-4-34-25(32)18-6-5-7-19(13-18)28-24(31)21-15-26-22-12-16(2)23(29-30(21)22)27-14-17-8-10-20(33-3)11-9-17/h5-13,15H,4,14H2,1-3H3,(H,27,29)(H,28,31). The highest BCUT2D eigenvalue weighted by Gasteiger charge is 2.16. The maximum absolute atomic E-state index is 13.0. The van der Waals surface area contributed by atoms with Crippen LogP contribution in [0.5, 0.6) is 5.75 Å². The minimum atomic E-state index is -0.446. The minimum Gasteiger partial charge on any atom is -0.497 e. The molecule has 4 rings (SSSR count). The van der Waals surface area contributed by atoms with Gasteiger partial charge in [0.05, 0.1) is 25.5 Å². The summed E-state index contributed by atoms with van der Waals surface area (Å²) < 4.78 is 11.7. The highest BCUT2D eigenvalue weighted by molar-refractivity contribution is 6.04. The van der Waals surface area contributed by atoms with Gasteiger partial charge in [-0.05, 0) is 61.4 Å². The summed E-state index contributed by atoms with van der Waals surface area (Å²) >= 11 is 0. The maximum atomic E-state index is 13.0. The van der Waals surface area contributed by atoms with E-state index >= 15 is 0 Å². The van der Waals surface area contributed by atoms with Gasteiger partial charge in [0, 0.05) is 12.2 Å². The number of carbonyl (C=O) groups excluding carboxylic acids is 2. The molecule has 174 valence electrons. The topological polar surface area (TPSA) is 107 Å². The molecule has 4 aromatic rings. The number of nitrogens with zero attached hydrogens (tertiary/aromatic N) is 3. The van der Waals surface area contributed by atoms with Crippen molar-refractivity contribution in [1.82, 2.24) is 14.6 Å². The van der Waals surface area contributed by atoms with E-state index in [0.717, 1.165) is 16.9 Å². The first kappa shape index (κ1) is 22.8. The number of esters is 1. The number of hydrogen-bond acceptors (Lipinski definition) is 7. The molecule has 0 saturated carbocycles. The Balaban J connectivity index is 1.53. The monoisotopic (exact) mass is 459 g/mol. The minimum absolute atomic E-state index is 0.268. The predicted molar refractivity (Wildman–Crippen MR) is 128 cm³/mol. The highest BCUT2D eigenvalue weighted by atomic mass is 16.5. The van der Waals surface area contributed by atoms with Crippen molar-refractivity contribution in [3.63, 3.8) is 0 Å². The first-order chi connectivity index (χ1) is 16.5. The van der Waals surface area contributed by atoms with Gasteiger partial charge in [0.25, 0.3) is 5.91 Å². The molecule has 0 spiro atoms. The van der Waals surface area contributed by atoms with Crippen LogP contribution in [0.15, 0.2) is 60.8 Å². The SMILES string of the molecule is CCOC(=O)c1cccc(NC(=O)c2cnc3cc(C)c(NCc4ccc(OC)cc4)nn23)c1. The van der Waals surface area contributed by atoms with Crippen LogP contribution < -0.4 is 15.4 Å². The molecule has 0 aliphatic rings. The second-order valence-corrected chi connectivity index (χ2v) is 7.55. The summed E-state index contributed by atoms with van der Waals surface area (Å²) in [6.45, 7) is 4.50. The summed E-state index contributed by atoms with van der Waals surface area (Å²) in [5.74, 6) is 0.588. The largest absolute Gasteiger partial charge is 0.497 e. The molecule has 2 N–H and O–H groups in total. The predicted octanol–water partition coefficient (Wildman–Crippen LogP) is 4.09. The van der Waals surface area contributed by atoms with Crippen LogP contribution in [0.3, 0.4) is 0 Å². The van der Waals surface area contributed by atoms with Gasteiger partial charge < -0.3 is 20.1 Å². The first-order valence-electron chi connectivity index (χ1n) is 10.8. The number of anilines is 2. The van der Waals surface area contributed by atoms with Gasteiger partial charge in [-0.3, -0.25) is 4.79 Å². The number of aromatic nitrogens is 3. The molecule has 0 radical (unpaired) electrons. The van der Waals surface area contributed by atoms with E-state index in [2.05, 4.69) is 20.7 Å². The molecule has 0 unspecified atom stereocenters. The van der Waals surface area contributed by atoms with Crippen molar-refractivity contribution in [2.24, 2.45) is 0 Å². The molecule has 9 heteroatoms. The fourth-order valence-corrected chi connectivity index (χ4v) is 3.40. The molecule has 2 aromatic carbocycles. The number of amides is 1. The number of nitrogens with one attached hydrogen (secondary N) is 2. The van der Waals surface area contributed by atoms with Gasteiger partial charge in [0.15, 0.2) is 11.3 Å². The molecule has 0 aliphatic heterocycles. The lowest BCUT2D eigenvalue weighted by Gasteiger charge is -2.11. The molecule has 0 atom stereocenters. The third kappa shape index (κ3) is 4.98. The van der Waals surface area contributed by atoms with E-state index in [9.17, 15) is 9.59 Å². The molecule has 1 amide bonds. The Morgan fingerprint density at radius 1 is 1.09 bits per heavy atom. The summed E-state index contributed by atoms with van der Waals surface area (Å²) in [6.07, 6.45) is 1.47. The number of carbonyl (C=O) groups is 2. The second kappa shape index (κ2) is 10.0. The summed E-state index contributed by atoms with van der Waals surface area (Å²) in [5.41, 5.74) is 3.61. The van der Waals surface area contributed by atoms with Gasteiger partial charge in [0.1, 0.15) is 11.6 Å². The Hall–Kier alpha value is -4.40. The molecule has 0 fully saturated rings. The normalized spacial score (nSPS) is 10.7. The highest BCUT2D eigenvalue weighted by Crippen LogP contribution is 2.19. The fraction of sp³-hybridized carbons (Fsp3) is 0.200. The van der Waals surface area contributed by atoms with E-state index in [4.69, 9.17) is 9.47 Å². The van der Waals surface area contributed by atoms with Crippen LogP contribution in [0.2, 0.25) is 0 Å². The van der Waals surface area contributed by atoms with Crippen molar-refractivity contribution in [2.45, 2.75) is 20.4 Å². The molecule has 0 bridgehead atoms. The summed E-state index contributed by atoms with van der Waals surface area (Å²) in [6, 6.07) is 16.2. The van der Waals surface area contributed by atoms with E-state index in [-0.39, 0.29) is 12.3 Å². The number of methoxy groups -OCH3 is 1. The van der Waals surface area contributed by atoms with Crippen LogP contribution in [-0.4, -0.2) is 40.2 Å². The van der Waals surface area contributed by atoms with Crippen molar-refractivity contribution < 1.29 is 19.1 Å². The lowest BCUT2D eigenvalue weighted by Crippen LogP contribution is -2.16. The van der Waals surface area contributed by atoms with Crippen LogP contribution >= 0.6 is 0 Å². The van der Waals surface area contributed by atoms with Gasteiger partial charge in [0.2, 0.25) is 0 Å². The van der Waals surface area contributed by atoms with Crippen LogP contribution in [0.4, 0.5) is 11.5 Å². The summed E-state index contributed by atoms with van der Waals surface area (Å²) in [4.78, 5) is 29.3. The number of aryl methyl sites for hydroxylation is 1. The maximum Gasteiger partial charge on any atom is 0.338 e. The number of imidazole rings is 1. The molecular formula is C25H25N5O4. The molecule has 34 heavy (non-hydrogen) atoms. The van der Waals surface area contributed by atoms with Gasteiger partial charge in [-0.2, -0.15) is 0 Å². The van der Waals surface area contributed by atoms with E-state index in [1.165, 1.54) is 10.7 Å². The number of ether oxygens (including phenoxy) is 2. The molecule has 0 saturated heterocycles. The molecule has 2 aromatic heterocycles. The lowest BCUT2D eigenvalue weighted by atomic mass is 10.2. The van der Waals surface area contributed by atoms with E-state index in [1.807, 2.05) is 37.3 Å². The lowest BCUT2D eigenvalue weighted by molar-refractivity contribution is 0.0526. The Kier molecular flexibility index (Phi) is 6.72.